The third-order valence-electron chi connectivity index (χ3n) is 3.58. The molecule has 0 bridgehead atoms. The molecular formula is C18H27N3O2. The van der Waals surface area contributed by atoms with E-state index in [2.05, 4.69) is 27.8 Å². The number of ether oxygens (including phenoxy) is 1. The normalized spacial score (nSPS) is 11.8. The van der Waals surface area contributed by atoms with Crippen molar-refractivity contribution in [2.75, 3.05) is 33.4 Å². The van der Waals surface area contributed by atoms with Crippen LogP contribution in [0.5, 0.6) is 0 Å². The minimum Gasteiger partial charge on any atom is -0.461 e. The highest BCUT2D eigenvalue weighted by Crippen LogP contribution is 2.18. The molecule has 0 aliphatic rings. The molecule has 0 atom stereocenters. The van der Waals surface area contributed by atoms with Crippen molar-refractivity contribution < 1.29 is 9.15 Å². The zero-order chi connectivity index (χ0) is 16.3. The molecule has 0 unspecified atom stereocenters. The Bertz CT molecular complexity index is 574. The van der Waals surface area contributed by atoms with Gasteiger partial charge in [-0.1, -0.05) is 18.2 Å². The van der Waals surface area contributed by atoms with E-state index >= 15 is 0 Å². The maximum Gasteiger partial charge on any atom is 0.190 e. The third-order valence-corrected chi connectivity index (χ3v) is 3.58. The Morgan fingerprint density at radius 3 is 2.78 bits per heavy atom. The highest BCUT2D eigenvalue weighted by molar-refractivity contribution is 5.79. The van der Waals surface area contributed by atoms with Gasteiger partial charge >= 0.3 is 0 Å². The molecule has 0 amide bonds. The second-order valence-electron chi connectivity index (χ2n) is 5.33. The number of hydrogen-bond donors (Lipinski definition) is 2. The van der Waals surface area contributed by atoms with Crippen LogP contribution in [0.3, 0.4) is 0 Å². The molecule has 0 spiro atoms. The minimum atomic E-state index is 0.790. The number of nitrogens with zero attached hydrogens (tertiary/aromatic N) is 1. The Hall–Kier alpha value is -2.01. The first-order chi connectivity index (χ1) is 11.3. The number of unbranched alkanes of at least 4 members (excludes halogenated alkanes) is 1. The average molecular weight is 317 g/mol. The van der Waals surface area contributed by atoms with Crippen molar-refractivity contribution in [2.24, 2.45) is 4.99 Å². The van der Waals surface area contributed by atoms with Crippen molar-refractivity contribution in [3.05, 3.63) is 36.1 Å². The highest BCUT2D eigenvalue weighted by atomic mass is 16.5. The fourth-order valence-electron chi connectivity index (χ4n) is 2.37. The number of fused-ring (bicyclic) bond motifs is 1. The van der Waals surface area contributed by atoms with Gasteiger partial charge in [-0.3, -0.25) is 4.99 Å². The summed E-state index contributed by atoms with van der Waals surface area (Å²) in [6.45, 7) is 5.33. The molecule has 0 aliphatic heterocycles. The molecule has 0 fully saturated rings. The molecule has 2 N–H and O–H groups in total. The van der Waals surface area contributed by atoms with Gasteiger partial charge in [0.05, 0.1) is 0 Å². The van der Waals surface area contributed by atoms with Crippen LogP contribution in [0, 0.1) is 0 Å². The summed E-state index contributed by atoms with van der Waals surface area (Å²) in [5, 5.41) is 7.78. The molecule has 0 saturated carbocycles. The van der Waals surface area contributed by atoms with E-state index in [0.29, 0.717) is 0 Å². The molecule has 1 aromatic carbocycles. The highest BCUT2D eigenvalue weighted by Gasteiger charge is 2.03. The number of para-hydroxylation sites is 1. The first-order valence-corrected chi connectivity index (χ1v) is 8.33. The van der Waals surface area contributed by atoms with Gasteiger partial charge in [0.15, 0.2) is 5.96 Å². The second kappa shape index (κ2) is 9.90. The Morgan fingerprint density at radius 1 is 1.17 bits per heavy atom. The number of guanidine groups is 1. The fraction of sp³-hybridized carbons (Fsp3) is 0.500. The Balaban J connectivity index is 1.65. The monoisotopic (exact) mass is 317 g/mol. The molecule has 0 aliphatic carbocycles. The van der Waals surface area contributed by atoms with E-state index < -0.39 is 0 Å². The SMILES string of the molecule is CCOCCCCNC(=NC)NCCc1cc2ccccc2o1. The summed E-state index contributed by atoms with van der Waals surface area (Å²) in [4.78, 5) is 4.23. The Morgan fingerprint density at radius 2 is 2.00 bits per heavy atom. The van der Waals surface area contributed by atoms with Crippen molar-refractivity contribution in [3.8, 4) is 0 Å². The number of nitrogens with one attached hydrogen (secondary N) is 2. The molecular weight excluding hydrogens is 290 g/mol. The quantitative estimate of drug-likeness (QED) is 0.424. The van der Waals surface area contributed by atoms with Gasteiger partial charge in [0.1, 0.15) is 11.3 Å². The molecule has 5 heteroatoms. The fourth-order valence-corrected chi connectivity index (χ4v) is 2.37. The van der Waals surface area contributed by atoms with Crippen LogP contribution in [0.2, 0.25) is 0 Å². The van der Waals surface area contributed by atoms with Crippen molar-refractivity contribution in [2.45, 2.75) is 26.2 Å². The van der Waals surface area contributed by atoms with Crippen LogP contribution < -0.4 is 10.6 Å². The zero-order valence-corrected chi connectivity index (χ0v) is 14.1. The summed E-state index contributed by atoms with van der Waals surface area (Å²) in [6.07, 6.45) is 2.97. The van der Waals surface area contributed by atoms with Crippen molar-refractivity contribution in [1.29, 1.82) is 0 Å². The van der Waals surface area contributed by atoms with Gasteiger partial charge in [0.25, 0.3) is 0 Å². The van der Waals surface area contributed by atoms with E-state index in [-0.39, 0.29) is 0 Å². The van der Waals surface area contributed by atoms with Gasteiger partial charge < -0.3 is 19.8 Å². The molecule has 1 heterocycles. The predicted octanol–water partition coefficient (Wildman–Crippen LogP) is 2.96. The molecule has 23 heavy (non-hydrogen) atoms. The van der Waals surface area contributed by atoms with Gasteiger partial charge in [-0.15, -0.1) is 0 Å². The molecule has 2 aromatic rings. The summed E-state index contributed by atoms with van der Waals surface area (Å²) in [5.41, 5.74) is 0.944. The molecule has 5 nitrogen and oxygen atoms in total. The molecule has 0 saturated heterocycles. The van der Waals surface area contributed by atoms with Crippen LogP contribution >= 0.6 is 0 Å². The second-order valence-corrected chi connectivity index (χ2v) is 5.33. The zero-order valence-electron chi connectivity index (χ0n) is 14.1. The van der Waals surface area contributed by atoms with E-state index in [1.54, 1.807) is 7.05 Å². The van der Waals surface area contributed by atoms with E-state index in [4.69, 9.17) is 9.15 Å². The van der Waals surface area contributed by atoms with Crippen molar-refractivity contribution in [3.63, 3.8) is 0 Å². The lowest BCUT2D eigenvalue weighted by Gasteiger charge is -2.11. The van der Waals surface area contributed by atoms with Crippen LogP contribution in [0.25, 0.3) is 11.0 Å². The molecule has 126 valence electrons. The van der Waals surface area contributed by atoms with Gasteiger partial charge in [-0.2, -0.15) is 0 Å². The lowest BCUT2D eigenvalue weighted by Crippen LogP contribution is -2.38. The van der Waals surface area contributed by atoms with Gasteiger partial charge in [-0.25, -0.2) is 0 Å². The first kappa shape index (κ1) is 17.3. The van der Waals surface area contributed by atoms with Crippen molar-refractivity contribution >= 4 is 16.9 Å². The lowest BCUT2D eigenvalue weighted by atomic mass is 10.2. The maximum absolute atomic E-state index is 5.81. The van der Waals surface area contributed by atoms with E-state index in [0.717, 1.165) is 68.3 Å². The Kier molecular flexibility index (Phi) is 7.46. The van der Waals surface area contributed by atoms with E-state index in [9.17, 15) is 0 Å². The van der Waals surface area contributed by atoms with E-state index in [1.165, 1.54) is 0 Å². The lowest BCUT2D eigenvalue weighted by molar-refractivity contribution is 0.143. The average Bonchev–Trinajstić information content (AvgIpc) is 2.99. The topological polar surface area (TPSA) is 58.8 Å². The number of benzene rings is 1. The number of hydrogen-bond acceptors (Lipinski definition) is 3. The number of rotatable bonds is 9. The van der Waals surface area contributed by atoms with Crippen LogP contribution in [0.1, 0.15) is 25.5 Å². The summed E-state index contributed by atoms with van der Waals surface area (Å²) < 4.78 is 11.1. The summed E-state index contributed by atoms with van der Waals surface area (Å²) in [6, 6.07) is 10.2. The Labute approximate surface area is 138 Å². The smallest absolute Gasteiger partial charge is 0.190 e. The van der Waals surface area contributed by atoms with Gasteiger partial charge in [-0.05, 0) is 31.9 Å². The molecule has 2 rings (SSSR count). The van der Waals surface area contributed by atoms with Crippen LogP contribution in [-0.4, -0.2) is 39.3 Å². The predicted molar refractivity (Wildman–Crippen MR) is 95.0 cm³/mol. The summed E-state index contributed by atoms with van der Waals surface area (Å²) in [5.74, 6) is 1.82. The van der Waals surface area contributed by atoms with Crippen LogP contribution in [0.15, 0.2) is 39.7 Å². The van der Waals surface area contributed by atoms with Crippen LogP contribution in [-0.2, 0) is 11.2 Å². The first-order valence-electron chi connectivity index (χ1n) is 8.33. The maximum atomic E-state index is 5.81. The standard InChI is InChI=1S/C18H27N3O2/c1-3-22-13-7-6-11-20-18(19-2)21-12-10-16-14-15-8-4-5-9-17(15)23-16/h4-5,8-9,14H,3,6-7,10-13H2,1-2H3,(H2,19,20,21). The minimum absolute atomic E-state index is 0.790. The van der Waals surface area contributed by atoms with Gasteiger partial charge in [0.2, 0.25) is 0 Å². The largest absolute Gasteiger partial charge is 0.461 e. The van der Waals surface area contributed by atoms with E-state index in [1.807, 2.05) is 25.1 Å². The molecule has 0 radical (unpaired) electrons. The number of aliphatic imine (C=N–C) groups is 1. The van der Waals surface area contributed by atoms with Crippen LogP contribution in [0.4, 0.5) is 0 Å². The molecule has 1 aromatic heterocycles. The summed E-state index contributed by atoms with van der Waals surface area (Å²) >= 11 is 0. The van der Waals surface area contributed by atoms with Gasteiger partial charge in [0, 0.05) is 45.2 Å². The van der Waals surface area contributed by atoms with Crippen molar-refractivity contribution in [1.82, 2.24) is 10.6 Å². The number of furan rings is 1. The third kappa shape index (κ3) is 5.94. The summed E-state index contributed by atoms with van der Waals surface area (Å²) in [7, 11) is 1.79.